The smallest absolute Gasteiger partial charge is 0.342 e. The van der Waals surface area contributed by atoms with Gasteiger partial charge in [0.25, 0.3) is 0 Å². The lowest BCUT2D eigenvalue weighted by Gasteiger charge is -2.37. The molecule has 1 fully saturated rings. The number of carbonyl (C=O) groups excluding carboxylic acids is 1. The van der Waals surface area contributed by atoms with Gasteiger partial charge in [0.1, 0.15) is 22.8 Å². The lowest BCUT2D eigenvalue weighted by atomic mass is 10.0. The van der Waals surface area contributed by atoms with E-state index in [1.165, 1.54) is 14.0 Å². The lowest BCUT2D eigenvalue weighted by molar-refractivity contribution is -0.190. The Hall–Kier alpha value is -1.25. The standard InChI is InChI=1S/C15H18Cl2O7/c1-5-8(12(19)10(17)13(20)9(5)16)15(21)24-14-6(2)23-4-7(22-3)11(14)18/h6-7,11,14,18-20H,4H2,1-3H3. The number of aliphatic hydroxyl groups is 1. The SMILES string of the molecule is COC1COC(C)C(OC(=O)c2c(C)c(Cl)c(O)c(Cl)c2O)C1O. The summed E-state index contributed by atoms with van der Waals surface area (Å²) in [4.78, 5) is 12.5. The van der Waals surface area contributed by atoms with E-state index in [0.717, 1.165) is 0 Å². The number of halogens is 2. The van der Waals surface area contributed by atoms with Gasteiger partial charge >= 0.3 is 5.97 Å². The van der Waals surface area contributed by atoms with E-state index >= 15 is 0 Å². The molecule has 0 bridgehead atoms. The summed E-state index contributed by atoms with van der Waals surface area (Å²) in [6.07, 6.45) is -3.35. The summed E-state index contributed by atoms with van der Waals surface area (Å²) in [5.74, 6) is -2.13. The van der Waals surface area contributed by atoms with Crippen molar-refractivity contribution >= 4 is 29.2 Å². The molecule has 1 heterocycles. The van der Waals surface area contributed by atoms with Gasteiger partial charge in [-0.05, 0) is 19.4 Å². The third-order valence-electron chi connectivity index (χ3n) is 4.02. The third-order valence-corrected chi connectivity index (χ3v) is 4.84. The van der Waals surface area contributed by atoms with Gasteiger partial charge < -0.3 is 29.5 Å². The number of phenolic OH excluding ortho intramolecular Hbond substituents is 2. The molecule has 0 saturated carbocycles. The summed E-state index contributed by atoms with van der Waals surface area (Å²) in [6, 6.07) is 0. The van der Waals surface area contributed by atoms with Gasteiger partial charge in [0.2, 0.25) is 0 Å². The minimum absolute atomic E-state index is 0.100. The number of rotatable bonds is 3. The number of benzene rings is 1. The monoisotopic (exact) mass is 380 g/mol. The van der Waals surface area contributed by atoms with Crippen molar-refractivity contribution in [1.29, 1.82) is 0 Å². The van der Waals surface area contributed by atoms with Crippen molar-refractivity contribution in [1.82, 2.24) is 0 Å². The maximum absolute atomic E-state index is 12.5. The van der Waals surface area contributed by atoms with Gasteiger partial charge in [-0.25, -0.2) is 4.79 Å². The molecule has 1 aliphatic heterocycles. The van der Waals surface area contributed by atoms with Crippen LogP contribution in [0.4, 0.5) is 0 Å². The number of methoxy groups -OCH3 is 1. The fourth-order valence-electron chi connectivity index (χ4n) is 2.52. The first-order valence-corrected chi connectivity index (χ1v) is 7.89. The molecule has 1 aromatic rings. The van der Waals surface area contributed by atoms with Crippen LogP contribution < -0.4 is 0 Å². The number of phenols is 2. The zero-order chi connectivity index (χ0) is 18.2. The fourth-order valence-corrected chi connectivity index (χ4v) is 2.94. The van der Waals surface area contributed by atoms with E-state index in [-0.39, 0.29) is 22.8 Å². The molecule has 24 heavy (non-hydrogen) atoms. The highest BCUT2D eigenvalue weighted by Crippen LogP contribution is 2.44. The number of aliphatic hydroxyl groups excluding tert-OH is 1. The molecule has 4 unspecified atom stereocenters. The first-order chi connectivity index (χ1) is 11.2. The number of hydrogen-bond donors (Lipinski definition) is 3. The topological polar surface area (TPSA) is 105 Å². The zero-order valence-electron chi connectivity index (χ0n) is 13.2. The van der Waals surface area contributed by atoms with E-state index in [2.05, 4.69) is 0 Å². The molecule has 0 radical (unpaired) electrons. The molecule has 9 heteroatoms. The summed E-state index contributed by atoms with van der Waals surface area (Å²) in [5, 5.41) is 29.4. The average Bonchev–Trinajstić information content (AvgIpc) is 2.55. The Morgan fingerprint density at radius 1 is 1.25 bits per heavy atom. The van der Waals surface area contributed by atoms with Crippen molar-refractivity contribution in [3.63, 3.8) is 0 Å². The van der Waals surface area contributed by atoms with Gasteiger partial charge in [0.05, 0.1) is 17.7 Å². The predicted molar refractivity (Wildman–Crippen MR) is 85.9 cm³/mol. The van der Waals surface area contributed by atoms with Crippen LogP contribution in [0.2, 0.25) is 10.0 Å². The molecule has 0 aliphatic carbocycles. The Labute approximate surface area is 148 Å². The van der Waals surface area contributed by atoms with Gasteiger partial charge in [-0.15, -0.1) is 0 Å². The molecular formula is C15H18Cl2O7. The van der Waals surface area contributed by atoms with E-state index in [0.29, 0.717) is 0 Å². The maximum Gasteiger partial charge on any atom is 0.342 e. The second-order valence-electron chi connectivity index (χ2n) is 5.50. The third kappa shape index (κ3) is 3.27. The molecule has 1 saturated heterocycles. The Balaban J connectivity index is 2.33. The van der Waals surface area contributed by atoms with Crippen molar-refractivity contribution in [2.24, 2.45) is 0 Å². The molecular weight excluding hydrogens is 363 g/mol. The van der Waals surface area contributed by atoms with Crippen LogP contribution >= 0.6 is 23.2 Å². The van der Waals surface area contributed by atoms with Gasteiger partial charge in [-0.2, -0.15) is 0 Å². The highest BCUT2D eigenvalue weighted by Gasteiger charge is 2.41. The van der Waals surface area contributed by atoms with E-state index in [1.807, 2.05) is 0 Å². The summed E-state index contributed by atoms with van der Waals surface area (Å²) >= 11 is 11.7. The number of aromatic hydroxyl groups is 2. The molecule has 0 aromatic heterocycles. The number of esters is 1. The molecule has 1 aliphatic rings. The minimum Gasteiger partial charge on any atom is -0.505 e. The van der Waals surface area contributed by atoms with Crippen molar-refractivity contribution in [3.8, 4) is 11.5 Å². The van der Waals surface area contributed by atoms with E-state index in [4.69, 9.17) is 37.4 Å². The molecule has 0 spiro atoms. The lowest BCUT2D eigenvalue weighted by Crippen LogP contribution is -2.54. The minimum atomic E-state index is -1.10. The summed E-state index contributed by atoms with van der Waals surface area (Å²) in [5.41, 5.74) is -0.190. The molecule has 1 aromatic carbocycles. The van der Waals surface area contributed by atoms with Gasteiger partial charge in [-0.1, -0.05) is 23.2 Å². The van der Waals surface area contributed by atoms with Gasteiger partial charge in [-0.3, -0.25) is 0 Å². The van der Waals surface area contributed by atoms with Crippen molar-refractivity contribution in [2.45, 2.75) is 38.3 Å². The summed E-state index contributed by atoms with van der Waals surface area (Å²) in [7, 11) is 1.40. The molecule has 7 nitrogen and oxygen atoms in total. The van der Waals surface area contributed by atoms with Gasteiger partial charge in [0, 0.05) is 7.11 Å². The van der Waals surface area contributed by atoms with E-state index in [9.17, 15) is 20.1 Å². The van der Waals surface area contributed by atoms with Crippen LogP contribution in [0.5, 0.6) is 11.5 Å². The quantitative estimate of drug-likeness (QED) is 0.688. The molecule has 134 valence electrons. The molecule has 4 atom stereocenters. The highest BCUT2D eigenvalue weighted by molar-refractivity contribution is 6.39. The van der Waals surface area contributed by atoms with Gasteiger partial charge in [0.15, 0.2) is 17.6 Å². The van der Waals surface area contributed by atoms with Crippen LogP contribution in [0.1, 0.15) is 22.8 Å². The first-order valence-electron chi connectivity index (χ1n) is 7.13. The summed E-state index contributed by atoms with van der Waals surface area (Å²) < 4.78 is 15.8. The molecule has 2 rings (SSSR count). The Morgan fingerprint density at radius 2 is 1.88 bits per heavy atom. The second kappa shape index (κ2) is 7.33. The molecule has 3 N–H and O–H groups in total. The van der Waals surface area contributed by atoms with Crippen molar-refractivity contribution in [3.05, 3.63) is 21.2 Å². The Morgan fingerprint density at radius 3 is 2.46 bits per heavy atom. The first kappa shape index (κ1) is 19.1. The molecule has 0 amide bonds. The number of carbonyl (C=O) groups is 1. The summed E-state index contributed by atoms with van der Waals surface area (Å²) in [6.45, 7) is 3.22. The average molecular weight is 381 g/mol. The Bertz CT molecular complexity index is 620. The predicted octanol–water partition coefficient (Wildman–Crippen LogP) is 2.03. The Kier molecular flexibility index (Phi) is 5.83. The fraction of sp³-hybridized carbons (Fsp3) is 0.533. The zero-order valence-corrected chi connectivity index (χ0v) is 14.8. The highest BCUT2D eigenvalue weighted by atomic mass is 35.5. The van der Waals surface area contributed by atoms with Crippen LogP contribution in [0, 0.1) is 6.92 Å². The van der Waals surface area contributed by atoms with Crippen LogP contribution in [-0.4, -0.2) is 59.4 Å². The normalized spacial score (nSPS) is 27.1. The second-order valence-corrected chi connectivity index (χ2v) is 6.25. The van der Waals surface area contributed by atoms with Crippen LogP contribution in [0.15, 0.2) is 0 Å². The van der Waals surface area contributed by atoms with Crippen molar-refractivity contribution in [2.75, 3.05) is 13.7 Å². The van der Waals surface area contributed by atoms with Crippen LogP contribution in [0.25, 0.3) is 0 Å². The maximum atomic E-state index is 12.5. The van der Waals surface area contributed by atoms with Crippen LogP contribution in [0.3, 0.4) is 0 Å². The largest absolute Gasteiger partial charge is 0.505 e. The number of hydrogen-bond acceptors (Lipinski definition) is 7. The van der Waals surface area contributed by atoms with E-state index in [1.54, 1.807) is 6.92 Å². The number of ether oxygens (including phenoxy) is 3. The van der Waals surface area contributed by atoms with Crippen molar-refractivity contribution < 1.29 is 34.3 Å². The van der Waals surface area contributed by atoms with Crippen LogP contribution in [-0.2, 0) is 14.2 Å². The van der Waals surface area contributed by atoms with E-state index < -0.39 is 46.9 Å².